The Morgan fingerprint density at radius 2 is 2.25 bits per heavy atom. The molecule has 0 aromatic rings. The number of ether oxygens (including phenoxy) is 1. The van der Waals surface area contributed by atoms with Crippen molar-refractivity contribution in [3.63, 3.8) is 0 Å². The summed E-state index contributed by atoms with van der Waals surface area (Å²) >= 11 is 0. The highest BCUT2D eigenvalue weighted by Crippen LogP contribution is 2.20. The molecule has 2 rings (SSSR count). The lowest BCUT2D eigenvalue weighted by molar-refractivity contribution is -0.134. The summed E-state index contributed by atoms with van der Waals surface area (Å²) in [6.07, 6.45) is 5.18. The van der Waals surface area contributed by atoms with Crippen LogP contribution in [-0.4, -0.2) is 43.2 Å². The first-order chi connectivity index (χ1) is 7.79. The molecule has 4 nitrogen and oxygen atoms in total. The third kappa shape index (κ3) is 2.95. The molecule has 2 saturated heterocycles. The normalized spacial score (nSPS) is 30.7. The minimum atomic E-state index is 0.165. The molecule has 16 heavy (non-hydrogen) atoms. The third-order valence-corrected chi connectivity index (χ3v) is 3.65. The van der Waals surface area contributed by atoms with Crippen molar-refractivity contribution in [2.75, 3.05) is 26.2 Å². The number of hydrogen-bond donors (Lipinski definition) is 1. The standard InChI is InChI=1S/C12H22N2O2/c13-8-10-4-5-14(9-10)12(15)7-11-3-1-2-6-16-11/h10-11H,1-9,13H2. The van der Waals surface area contributed by atoms with Crippen LogP contribution in [0.1, 0.15) is 32.1 Å². The first-order valence-corrected chi connectivity index (χ1v) is 6.39. The fourth-order valence-electron chi connectivity index (χ4n) is 2.54. The molecule has 0 aromatic heterocycles. The number of carbonyl (C=O) groups is 1. The Bertz CT molecular complexity index is 239. The lowest BCUT2D eigenvalue weighted by Gasteiger charge is -2.24. The van der Waals surface area contributed by atoms with Crippen molar-refractivity contribution >= 4 is 5.91 Å². The van der Waals surface area contributed by atoms with E-state index in [1.807, 2.05) is 4.90 Å². The van der Waals surface area contributed by atoms with Crippen LogP contribution in [0, 0.1) is 5.92 Å². The van der Waals surface area contributed by atoms with Gasteiger partial charge in [0, 0.05) is 19.7 Å². The fraction of sp³-hybridized carbons (Fsp3) is 0.917. The van der Waals surface area contributed by atoms with Crippen LogP contribution < -0.4 is 5.73 Å². The minimum absolute atomic E-state index is 0.165. The summed E-state index contributed by atoms with van der Waals surface area (Å²) in [5.41, 5.74) is 5.62. The fourth-order valence-corrected chi connectivity index (χ4v) is 2.54. The number of amides is 1. The summed E-state index contributed by atoms with van der Waals surface area (Å²) in [7, 11) is 0. The van der Waals surface area contributed by atoms with Gasteiger partial charge in [0.15, 0.2) is 0 Å². The van der Waals surface area contributed by atoms with Crippen molar-refractivity contribution in [2.45, 2.75) is 38.2 Å². The molecule has 2 aliphatic rings. The Labute approximate surface area is 97.1 Å². The quantitative estimate of drug-likeness (QED) is 0.772. The van der Waals surface area contributed by atoms with Crippen LogP contribution in [0.2, 0.25) is 0 Å². The highest BCUT2D eigenvalue weighted by atomic mass is 16.5. The van der Waals surface area contributed by atoms with E-state index < -0.39 is 0 Å². The van der Waals surface area contributed by atoms with Gasteiger partial charge in [-0.3, -0.25) is 4.79 Å². The van der Waals surface area contributed by atoms with Crippen molar-refractivity contribution < 1.29 is 9.53 Å². The van der Waals surface area contributed by atoms with Gasteiger partial charge >= 0.3 is 0 Å². The van der Waals surface area contributed by atoms with E-state index in [2.05, 4.69) is 0 Å². The lowest BCUT2D eigenvalue weighted by atomic mass is 10.1. The number of nitrogens with zero attached hydrogens (tertiary/aromatic N) is 1. The van der Waals surface area contributed by atoms with Gasteiger partial charge in [-0.05, 0) is 38.1 Å². The van der Waals surface area contributed by atoms with Crippen LogP contribution in [0.25, 0.3) is 0 Å². The van der Waals surface area contributed by atoms with Gasteiger partial charge in [0.1, 0.15) is 0 Å². The summed E-state index contributed by atoms with van der Waals surface area (Å²) in [5.74, 6) is 0.763. The van der Waals surface area contributed by atoms with Gasteiger partial charge in [0.05, 0.1) is 12.5 Å². The average molecular weight is 226 g/mol. The van der Waals surface area contributed by atoms with Gasteiger partial charge in [-0.2, -0.15) is 0 Å². The second kappa shape index (κ2) is 5.64. The predicted octanol–water partition coefficient (Wildman–Crippen LogP) is 0.753. The second-order valence-corrected chi connectivity index (χ2v) is 4.92. The predicted molar refractivity (Wildman–Crippen MR) is 61.9 cm³/mol. The van der Waals surface area contributed by atoms with E-state index in [1.165, 1.54) is 6.42 Å². The van der Waals surface area contributed by atoms with Crippen molar-refractivity contribution in [1.29, 1.82) is 0 Å². The van der Waals surface area contributed by atoms with Crippen LogP contribution in [0.3, 0.4) is 0 Å². The zero-order valence-corrected chi connectivity index (χ0v) is 9.86. The highest BCUT2D eigenvalue weighted by Gasteiger charge is 2.27. The van der Waals surface area contributed by atoms with E-state index in [1.54, 1.807) is 0 Å². The van der Waals surface area contributed by atoms with Gasteiger partial charge in [-0.15, -0.1) is 0 Å². The maximum absolute atomic E-state index is 12.0. The van der Waals surface area contributed by atoms with Crippen molar-refractivity contribution in [3.05, 3.63) is 0 Å². The molecule has 2 unspecified atom stereocenters. The summed E-state index contributed by atoms with van der Waals surface area (Å²) in [6, 6.07) is 0. The number of hydrogen-bond acceptors (Lipinski definition) is 3. The Balaban J connectivity index is 1.75. The second-order valence-electron chi connectivity index (χ2n) is 4.92. The zero-order valence-electron chi connectivity index (χ0n) is 9.86. The number of likely N-dealkylation sites (tertiary alicyclic amines) is 1. The van der Waals surface area contributed by atoms with Gasteiger partial charge in [0.2, 0.25) is 5.91 Å². The molecule has 0 aliphatic carbocycles. The molecular formula is C12H22N2O2. The molecule has 0 spiro atoms. The van der Waals surface area contributed by atoms with Crippen molar-refractivity contribution in [3.8, 4) is 0 Å². The molecule has 2 aliphatic heterocycles. The average Bonchev–Trinajstić information content (AvgIpc) is 2.79. The summed E-state index contributed by atoms with van der Waals surface area (Å²) in [5, 5.41) is 0. The monoisotopic (exact) mass is 226 g/mol. The van der Waals surface area contributed by atoms with Crippen molar-refractivity contribution in [1.82, 2.24) is 4.90 Å². The Kier molecular flexibility index (Phi) is 4.18. The topological polar surface area (TPSA) is 55.6 Å². The number of carbonyl (C=O) groups excluding carboxylic acids is 1. The van der Waals surface area contributed by atoms with Crippen LogP contribution >= 0.6 is 0 Å². The molecule has 0 radical (unpaired) electrons. The van der Waals surface area contributed by atoms with Crippen molar-refractivity contribution in [2.24, 2.45) is 11.7 Å². The first kappa shape index (κ1) is 11.9. The number of nitrogens with two attached hydrogens (primary N) is 1. The molecular weight excluding hydrogens is 204 g/mol. The third-order valence-electron chi connectivity index (χ3n) is 3.65. The van der Waals surface area contributed by atoms with Crippen LogP contribution in [0.5, 0.6) is 0 Å². The smallest absolute Gasteiger partial charge is 0.225 e. The lowest BCUT2D eigenvalue weighted by Crippen LogP contribution is -2.34. The van der Waals surface area contributed by atoms with Gasteiger partial charge in [0.25, 0.3) is 0 Å². The van der Waals surface area contributed by atoms with Crippen LogP contribution in [-0.2, 0) is 9.53 Å². The zero-order chi connectivity index (χ0) is 11.4. The Morgan fingerprint density at radius 1 is 1.38 bits per heavy atom. The molecule has 2 fully saturated rings. The molecule has 0 bridgehead atoms. The minimum Gasteiger partial charge on any atom is -0.378 e. The SMILES string of the molecule is NCC1CCN(C(=O)CC2CCCCO2)C1. The number of rotatable bonds is 3. The van der Waals surface area contributed by atoms with E-state index >= 15 is 0 Å². The van der Waals surface area contributed by atoms with Crippen LogP contribution in [0.4, 0.5) is 0 Å². The largest absolute Gasteiger partial charge is 0.378 e. The van der Waals surface area contributed by atoms with E-state index in [0.717, 1.165) is 39.0 Å². The summed E-state index contributed by atoms with van der Waals surface area (Å²) < 4.78 is 5.59. The maximum Gasteiger partial charge on any atom is 0.225 e. The Hall–Kier alpha value is -0.610. The van der Waals surface area contributed by atoms with E-state index in [0.29, 0.717) is 18.9 Å². The molecule has 2 atom stereocenters. The molecule has 2 N–H and O–H groups in total. The molecule has 1 amide bonds. The van der Waals surface area contributed by atoms with Crippen LogP contribution in [0.15, 0.2) is 0 Å². The van der Waals surface area contributed by atoms with Gasteiger partial charge < -0.3 is 15.4 Å². The molecule has 0 aromatic carbocycles. The Morgan fingerprint density at radius 3 is 2.88 bits per heavy atom. The summed E-state index contributed by atoms with van der Waals surface area (Å²) in [4.78, 5) is 13.9. The maximum atomic E-state index is 12.0. The van der Waals surface area contributed by atoms with Gasteiger partial charge in [-0.25, -0.2) is 0 Å². The molecule has 92 valence electrons. The highest BCUT2D eigenvalue weighted by molar-refractivity contribution is 5.77. The summed E-state index contributed by atoms with van der Waals surface area (Å²) in [6.45, 7) is 3.25. The van der Waals surface area contributed by atoms with E-state index in [4.69, 9.17) is 10.5 Å². The first-order valence-electron chi connectivity index (χ1n) is 6.39. The van der Waals surface area contributed by atoms with Gasteiger partial charge in [-0.1, -0.05) is 0 Å². The van der Waals surface area contributed by atoms with E-state index in [9.17, 15) is 4.79 Å². The molecule has 2 heterocycles. The molecule has 0 saturated carbocycles. The van der Waals surface area contributed by atoms with E-state index in [-0.39, 0.29) is 12.0 Å². The molecule has 4 heteroatoms.